The number of hydrogen-bond acceptors (Lipinski definition) is 3. The van der Waals surface area contributed by atoms with Gasteiger partial charge in [0, 0.05) is 15.5 Å². The second-order valence-electron chi connectivity index (χ2n) is 5.26. The minimum absolute atomic E-state index is 0.264. The van der Waals surface area contributed by atoms with Crippen molar-refractivity contribution in [1.82, 2.24) is 0 Å². The predicted octanol–water partition coefficient (Wildman–Crippen LogP) is 5.13. The number of benzene rings is 2. The fourth-order valence-electron chi connectivity index (χ4n) is 2.49. The second-order valence-corrected chi connectivity index (χ2v) is 6.32. The minimum Gasteiger partial charge on any atom is -0.491 e. The Balaban J connectivity index is 1.85. The molecular formula is C17H15FO2S. The van der Waals surface area contributed by atoms with E-state index in [2.05, 4.69) is 0 Å². The normalized spacial score (nSPS) is 14.8. The van der Waals surface area contributed by atoms with Crippen molar-refractivity contribution in [3.05, 3.63) is 36.1 Å². The van der Waals surface area contributed by atoms with Gasteiger partial charge in [-0.2, -0.15) is 0 Å². The maximum absolute atomic E-state index is 14.5. The fraction of sp³-hybridized carbons (Fsp3) is 0.294. The Morgan fingerprint density at radius 1 is 1.19 bits per heavy atom. The van der Waals surface area contributed by atoms with Gasteiger partial charge in [0.25, 0.3) is 0 Å². The van der Waals surface area contributed by atoms with Crippen LogP contribution in [0.25, 0.3) is 20.2 Å². The number of thiophene rings is 1. The molecule has 0 aliphatic heterocycles. The van der Waals surface area contributed by atoms with Gasteiger partial charge in [0.15, 0.2) is 11.6 Å². The van der Waals surface area contributed by atoms with Crippen LogP contribution in [-0.4, -0.2) is 12.7 Å². The van der Waals surface area contributed by atoms with Crippen molar-refractivity contribution in [2.45, 2.75) is 25.9 Å². The topological polar surface area (TPSA) is 18.5 Å². The second kappa shape index (κ2) is 4.88. The average molecular weight is 302 g/mol. The average Bonchev–Trinajstić information content (AvgIpc) is 3.21. The van der Waals surface area contributed by atoms with Crippen LogP contribution >= 0.6 is 11.3 Å². The molecule has 0 saturated heterocycles. The summed E-state index contributed by atoms with van der Waals surface area (Å²) in [5.41, 5.74) is 0. The van der Waals surface area contributed by atoms with Crippen LogP contribution in [0, 0.1) is 5.82 Å². The van der Waals surface area contributed by atoms with E-state index in [1.165, 1.54) is 11.3 Å². The van der Waals surface area contributed by atoms with Crippen LogP contribution in [0.3, 0.4) is 0 Å². The smallest absolute Gasteiger partial charge is 0.182 e. The Labute approximate surface area is 126 Å². The minimum atomic E-state index is -0.264. The zero-order valence-corrected chi connectivity index (χ0v) is 12.5. The molecule has 0 bridgehead atoms. The molecule has 108 valence electrons. The Morgan fingerprint density at radius 2 is 2.00 bits per heavy atom. The molecule has 1 saturated carbocycles. The summed E-state index contributed by atoms with van der Waals surface area (Å²) in [7, 11) is 0. The van der Waals surface area contributed by atoms with Crippen LogP contribution < -0.4 is 9.47 Å². The van der Waals surface area contributed by atoms with Crippen molar-refractivity contribution in [2.24, 2.45) is 0 Å². The van der Waals surface area contributed by atoms with Gasteiger partial charge in [0.05, 0.1) is 17.4 Å². The maximum Gasteiger partial charge on any atom is 0.182 e. The summed E-state index contributed by atoms with van der Waals surface area (Å²) >= 11 is 1.45. The van der Waals surface area contributed by atoms with Crippen LogP contribution in [0.15, 0.2) is 30.3 Å². The summed E-state index contributed by atoms with van der Waals surface area (Å²) in [5, 5.41) is 2.01. The molecule has 2 nitrogen and oxygen atoms in total. The molecule has 21 heavy (non-hydrogen) atoms. The van der Waals surface area contributed by atoms with E-state index < -0.39 is 0 Å². The lowest BCUT2D eigenvalue weighted by Crippen LogP contribution is -1.94. The van der Waals surface area contributed by atoms with E-state index in [9.17, 15) is 4.39 Å². The number of halogens is 1. The first kappa shape index (κ1) is 12.9. The first-order chi connectivity index (χ1) is 10.3. The highest BCUT2D eigenvalue weighted by Crippen LogP contribution is 2.40. The third kappa shape index (κ3) is 2.23. The maximum atomic E-state index is 14.5. The number of hydrogen-bond donors (Lipinski definition) is 0. The lowest BCUT2D eigenvalue weighted by atomic mass is 10.1. The van der Waals surface area contributed by atoms with Gasteiger partial charge < -0.3 is 9.47 Å². The van der Waals surface area contributed by atoms with Crippen LogP contribution in [-0.2, 0) is 0 Å². The van der Waals surface area contributed by atoms with E-state index >= 15 is 0 Å². The monoisotopic (exact) mass is 302 g/mol. The third-order valence-electron chi connectivity index (χ3n) is 3.64. The van der Waals surface area contributed by atoms with Crippen molar-refractivity contribution >= 4 is 31.5 Å². The van der Waals surface area contributed by atoms with E-state index in [0.717, 1.165) is 34.1 Å². The highest BCUT2D eigenvalue weighted by molar-refractivity contribution is 7.25. The van der Waals surface area contributed by atoms with E-state index in [1.807, 2.05) is 31.2 Å². The van der Waals surface area contributed by atoms with Gasteiger partial charge in [-0.15, -0.1) is 11.3 Å². The zero-order chi connectivity index (χ0) is 14.4. The molecule has 1 aliphatic rings. The highest BCUT2D eigenvalue weighted by atomic mass is 32.1. The number of rotatable bonds is 4. The van der Waals surface area contributed by atoms with Crippen molar-refractivity contribution in [2.75, 3.05) is 6.61 Å². The van der Waals surface area contributed by atoms with Crippen LogP contribution in [0.1, 0.15) is 19.8 Å². The first-order valence-electron chi connectivity index (χ1n) is 7.20. The van der Waals surface area contributed by atoms with Crippen molar-refractivity contribution in [3.8, 4) is 11.5 Å². The molecule has 1 aromatic heterocycles. The van der Waals surface area contributed by atoms with Gasteiger partial charge in [-0.25, -0.2) is 4.39 Å². The number of ether oxygens (including phenoxy) is 2. The highest BCUT2D eigenvalue weighted by Gasteiger charge is 2.23. The van der Waals surface area contributed by atoms with E-state index in [4.69, 9.17) is 9.47 Å². The molecular weight excluding hydrogens is 287 g/mol. The van der Waals surface area contributed by atoms with Gasteiger partial charge in [-0.1, -0.05) is 0 Å². The first-order valence-corrected chi connectivity index (χ1v) is 8.02. The quantitative estimate of drug-likeness (QED) is 0.665. The van der Waals surface area contributed by atoms with Crippen molar-refractivity contribution < 1.29 is 13.9 Å². The molecule has 4 rings (SSSR count). The third-order valence-corrected chi connectivity index (χ3v) is 4.80. The number of fused-ring (bicyclic) bond motifs is 3. The molecule has 1 fully saturated rings. The molecule has 0 radical (unpaired) electrons. The Morgan fingerprint density at radius 3 is 2.76 bits per heavy atom. The Kier molecular flexibility index (Phi) is 3.00. The lowest BCUT2D eigenvalue weighted by Gasteiger charge is -2.04. The molecule has 0 N–H and O–H groups in total. The van der Waals surface area contributed by atoms with Crippen molar-refractivity contribution in [1.29, 1.82) is 0 Å². The standard InChI is InChI=1S/C17H15FO2S/c1-2-19-14-8-7-13-12-6-5-11(20-10-3-4-10)9-15(12)21-17(13)16(14)18/h5-10H,2-4H2,1H3. The van der Waals surface area contributed by atoms with E-state index in [0.29, 0.717) is 23.2 Å². The van der Waals surface area contributed by atoms with Crippen LogP contribution in [0.4, 0.5) is 4.39 Å². The summed E-state index contributed by atoms with van der Waals surface area (Å²) in [6.07, 6.45) is 2.64. The molecule has 4 heteroatoms. The predicted molar refractivity (Wildman–Crippen MR) is 84.1 cm³/mol. The molecule has 0 amide bonds. The van der Waals surface area contributed by atoms with Crippen LogP contribution in [0.2, 0.25) is 0 Å². The van der Waals surface area contributed by atoms with E-state index in [-0.39, 0.29) is 5.82 Å². The summed E-state index contributed by atoms with van der Waals surface area (Å²) in [5.74, 6) is 0.938. The zero-order valence-electron chi connectivity index (χ0n) is 11.7. The Hall–Kier alpha value is -1.81. The van der Waals surface area contributed by atoms with Gasteiger partial charge in [0.1, 0.15) is 5.75 Å². The summed E-state index contributed by atoms with van der Waals surface area (Å²) in [6, 6.07) is 9.65. The molecule has 1 aliphatic carbocycles. The summed E-state index contributed by atoms with van der Waals surface area (Å²) in [6.45, 7) is 2.32. The Bertz CT molecular complexity index is 820. The van der Waals surface area contributed by atoms with Gasteiger partial charge >= 0.3 is 0 Å². The van der Waals surface area contributed by atoms with Gasteiger partial charge in [-0.05, 0) is 50.1 Å². The summed E-state index contributed by atoms with van der Waals surface area (Å²) in [4.78, 5) is 0. The SMILES string of the molecule is CCOc1ccc2c(sc3cc(OC4CC4)ccc32)c1F. The molecule has 1 heterocycles. The largest absolute Gasteiger partial charge is 0.491 e. The van der Waals surface area contributed by atoms with Gasteiger partial charge in [-0.3, -0.25) is 0 Å². The summed E-state index contributed by atoms with van der Waals surface area (Å²) < 4.78 is 27.3. The molecule has 0 atom stereocenters. The van der Waals surface area contributed by atoms with Gasteiger partial charge in [0.2, 0.25) is 0 Å². The molecule has 0 unspecified atom stereocenters. The van der Waals surface area contributed by atoms with E-state index in [1.54, 1.807) is 6.07 Å². The molecule has 3 aromatic rings. The fourth-order valence-corrected chi connectivity index (χ4v) is 3.65. The van der Waals surface area contributed by atoms with Crippen LogP contribution in [0.5, 0.6) is 11.5 Å². The molecule has 0 spiro atoms. The lowest BCUT2D eigenvalue weighted by molar-refractivity contribution is 0.303. The molecule has 2 aromatic carbocycles. The van der Waals surface area contributed by atoms with Crippen molar-refractivity contribution in [3.63, 3.8) is 0 Å².